The number of piperidine rings is 1. The number of nitrogens with zero attached hydrogens (tertiary/aromatic N) is 3. The highest BCUT2D eigenvalue weighted by Gasteiger charge is 2.17. The second-order valence-corrected chi connectivity index (χ2v) is 9.31. The molecule has 2 N–H and O–H groups in total. The molecule has 1 saturated heterocycles. The Bertz CT molecular complexity index is 1510. The smallest absolute Gasteiger partial charge is 0.335 e. The maximum atomic E-state index is 14.5. The first-order valence-corrected chi connectivity index (χ1v) is 13.7. The second kappa shape index (κ2) is 14.1. The minimum absolute atomic E-state index is 0.290. The van der Waals surface area contributed by atoms with Crippen LogP contribution in [0.25, 0.3) is 10.8 Å². The molecule has 0 atom stereocenters. The van der Waals surface area contributed by atoms with Crippen LogP contribution in [-0.4, -0.2) is 43.9 Å². The van der Waals surface area contributed by atoms with E-state index >= 15 is 0 Å². The molecule has 3 aromatic carbocycles. The highest BCUT2D eigenvalue weighted by atomic mass is 32.1. The van der Waals surface area contributed by atoms with Crippen molar-refractivity contribution in [3.05, 3.63) is 78.2 Å². The molecule has 1 aliphatic rings. The van der Waals surface area contributed by atoms with Crippen LogP contribution in [0, 0.1) is 5.82 Å². The van der Waals surface area contributed by atoms with Crippen molar-refractivity contribution in [1.29, 1.82) is 0 Å². The largest absolute Gasteiger partial charge is 0.438 e. The third-order valence-electron chi connectivity index (χ3n) is 6.38. The Hall–Kier alpha value is -4.38. The summed E-state index contributed by atoms with van der Waals surface area (Å²) in [5, 5.41) is 7.74. The zero-order valence-electron chi connectivity index (χ0n) is 22.1. The van der Waals surface area contributed by atoms with Crippen LogP contribution in [0.5, 0.6) is 11.6 Å². The van der Waals surface area contributed by atoms with Crippen molar-refractivity contribution >= 4 is 45.6 Å². The van der Waals surface area contributed by atoms with Crippen LogP contribution in [0.15, 0.2) is 66.9 Å². The minimum Gasteiger partial charge on any atom is -0.438 e. The summed E-state index contributed by atoms with van der Waals surface area (Å²) in [4.78, 5) is 24.0. The lowest BCUT2D eigenvalue weighted by Gasteiger charge is -2.29. The summed E-state index contributed by atoms with van der Waals surface area (Å²) in [5.74, 6) is 0.748. The first-order valence-electron chi connectivity index (χ1n) is 13.1. The van der Waals surface area contributed by atoms with Crippen LogP contribution in [0.4, 0.5) is 21.7 Å². The lowest BCUT2D eigenvalue weighted by Crippen LogP contribution is -2.29. The summed E-state index contributed by atoms with van der Waals surface area (Å²) >= 11 is -0.750. The Kier molecular flexibility index (Phi) is 10.1. The maximum Gasteiger partial charge on any atom is 0.335 e. The second-order valence-electron chi connectivity index (χ2n) is 9.17. The van der Waals surface area contributed by atoms with Crippen LogP contribution < -0.4 is 20.3 Å². The average molecular weight is 564 g/mol. The normalized spacial score (nSPS) is 12.7. The number of nitrogens with one attached hydrogen (secondary N) is 2. The molecule has 1 amide bonds. The van der Waals surface area contributed by atoms with Crippen molar-refractivity contribution in [2.24, 2.45) is 0 Å². The van der Waals surface area contributed by atoms with Crippen LogP contribution in [0.3, 0.4) is 0 Å². The Morgan fingerprint density at radius 1 is 1.02 bits per heavy atom. The Morgan fingerprint density at radius 3 is 2.52 bits per heavy atom. The molecular weight excluding hydrogens is 533 g/mol. The van der Waals surface area contributed by atoms with E-state index in [0.717, 1.165) is 55.4 Å². The third-order valence-corrected chi connectivity index (χ3v) is 6.38. The first kappa shape index (κ1) is 28.6. The molecule has 0 radical (unpaired) electrons. The van der Waals surface area contributed by atoms with E-state index < -0.39 is 17.4 Å². The summed E-state index contributed by atoms with van der Waals surface area (Å²) in [6.07, 6.45) is 5.93. The zero-order valence-corrected chi connectivity index (χ0v) is 22.9. The van der Waals surface area contributed by atoms with Gasteiger partial charge in [0.1, 0.15) is 11.6 Å². The highest BCUT2D eigenvalue weighted by molar-refractivity contribution is 7.51. The topological polar surface area (TPSA) is 114 Å². The molecule has 5 rings (SSSR count). The van der Waals surface area contributed by atoms with Gasteiger partial charge >= 0.3 is 11.6 Å². The molecule has 9 nitrogen and oxygen atoms in total. The van der Waals surface area contributed by atoms with Gasteiger partial charge in [0.2, 0.25) is 11.8 Å². The molecule has 40 heavy (non-hydrogen) atoms. The lowest BCUT2D eigenvalue weighted by atomic mass is 10.1. The predicted octanol–water partition coefficient (Wildman–Crippen LogP) is 5.96. The van der Waals surface area contributed by atoms with Crippen molar-refractivity contribution in [3.63, 3.8) is 0 Å². The fourth-order valence-corrected chi connectivity index (χ4v) is 4.54. The number of carbonyl (C=O) groups is 1. The van der Waals surface area contributed by atoms with Gasteiger partial charge in [-0.15, -0.1) is 0 Å². The molecular formula is C29H30FN5O4S. The Morgan fingerprint density at radius 2 is 1.77 bits per heavy atom. The molecule has 0 saturated carbocycles. The van der Waals surface area contributed by atoms with Crippen LogP contribution >= 0.6 is 0 Å². The molecule has 0 unspecified atom stereocenters. The van der Waals surface area contributed by atoms with Gasteiger partial charge in [-0.1, -0.05) is 31.2 Å². The summed E-state index contributed by atoms with van der Waals surface area (Å²) in [6.45, 7) is 4.59. The molecule has 208 valence electrons. The van der Waals surface area contributed by atoms with Gasteiger partial charge < -0.3 is 20.3 Å². The predicted molar refractivity (Wildman–Crippen MR) is 154 cm³/mol. The van der Waals surface area contributed by atoms with Crippen LogP contribution in [-0.2, 0) is 11.6 Å². The van der Waals surface area contributed by atoms with E-state index in [2.05, 4.69) is 32.4 Å². The van der Waals surface area contributed by atoms with Crippen molar-refractivity contribution in [3.8, 4) is 11.6 Å². The van der Waals surface area contributed by atoms with E-state index in [9.17, 15) is 9.18 Å². The fourth-order valence-electron chi connectivity index (χ4n) is 4.54. The highest BCUT2D eigenvalue weighted by Crippen LogP contribution is 2.34. The minimum atomic E-state index is -0.750. The van der Waals surface area contributed by atoms with E-state index in [4.69, 9.17) is 13.2 Å². The van der Waals surface area contributed by atoms with Gasteiger partial charge in [-0.25, -0.2) is 9.37 Å². The Balaban J connectivity index is 0.00000118. The molecule has 2 heterocycles. The number of ether oxygens (including phenoxy) is 1. The van der Waals surface area contributed by atoms with Gasteiger partial charge in [-0.05, 0) is 56.0 Å². The van der Waals surface area contributed by atoms with Crippen molar-refractivity contribution in [2.45, 2.75) is 32.6 Å². The van der Waals surface area contributed by atoms with E-state index in [-0.39, 0.29) is 11.5 Å². The van der Waals surface area contributed by atoms with Crippen molar-refractivity contribution < 1.29 is 22.3 Å². The van der Waals surface area contributed by atoms with Gasteiger partial charge in [0.25, 0.3) is 5.91 Å². The molecule has 1 aliphatic heterocycles. The van der Waals surface area contributed by atoms with E-state index in [0.29, 0.717) is 23.3 Å². The molecule has 4 aromatic rings. The standard InChI is InChI=1S/C29H30FN5O2.O2S/c1-2-13-31-29-32-14-12-27(34-29)37-26-11-10-25(23-8-4-5-9-24(23)26)33-28(36)20-17-21(30)19-22(18-20)35-15-6-3-7-16-35;1-3-2/h4-5,8-12,14,17-19H,2-3,6-7,13,15-16H2,1H3,(H,33,36)(H,31,32,34);. The summed E-state index contributed by atoms with van der Waals surface area (Å²) in [5.41, 5.74) is 1.65. The van der Waals surface area contributed by atoms with E-state index in [1.165, 1.54) is 18.6 Å². The Labute approximate surface area is 235 Å². The van der Waals surface area contributed by atoms with Crippen LogP contribution in [0.2, 0.25) is 0 Å². The molecule has 1 fully saturated rings. The van der Waals surface area contributed by atoms with Crippen molar-refractivity contribution in [1.82, 2.24) is 9.97 Å². The van der Waals surface area contributed by atoms with Gasteiger partial charge in [-0.3, -0.25) is 4.79 Å². The zero-order chi connectivity index (χ0) is 28.3. The number of rotatable bonds is 8. The monoisotopic (exact) mass is 563 g/mol. The fraction of sp³-hybridized carbons (Fsp3) is 0.276. The average Bonchev–Trinajstić information content (AvgIpc) is 2.98. The van der Waals surface area contributed by atoms with Crippen LogP contribution in [0.1, 0.15) is 43.0 Å². The summed E-state index contributed by atoms with van der Waals surface area (Å²) in [6, 6.07) is 17.5. The molecule has 0 bridgehead atoms. The number of amides is 1. The summed E-state index contributed by atoms with van der Waals surface area (Å²) in [7, 11) is 0. The van der Waals surface area contributed by atoms with Gasteiger partial charge in [0.15, 0.2) is 0 Å². The molecule has 11 heteroatoms. The first-order chi connectivity index (χ1) is 19.5. The van der Waals surface area contributed by atoms with Crippen molar-refractivity contribution in [2.75, 3.05) is 35.2 Å². The van der Waals surface area contributed by atoms with Gasteiger partial charge in [0.05, 0.1) is 0 Å². The SMILES string of the molecule is CCCNc1nccc(Oc2ccc(NC(=O)c3cc(F)cc(N4CCCCC4)c3)c3ccccc23)n1.O=S=O. The maximum absolute atomic E-state index is 14.5. The number of anilines is 3. The quantitative estimate of drug-likeness (QED) is 0.270. The van der Waals surface area contributed by atoms with E-state index in [1.807, 2.05) is 24.3 Å². The van der Waals surface area contributed by atoms with Gasteiger partial charge in [-0.2, -0.15) is 13.4 Å². The third kappa shape index (κ3) is 7.38. The number of aromatic nitrogens is 2. The molecule has 0 aliphatic carbocycles. The number of hydrogen-bond acceptors (Lipinski definition) is 8. The lowest BCUT2D eigenvalue weighted by molar-refractivity contribution is 0.102. The number of hydrogen-bond donors (Lipinski definition) is 2. The molecule has 0 spiro atoms. The number of carbonyl (C=O) groups excluding carboxylic acids is 1. The van der Waals surface area contributed by atoms with E-state index in [1.54, 1.807) is 30.5 Å². The number of benzene rings is 3. The molecule has 1 aromatic heterocycles. The van der Waals surface area contributed by atoms with Gasteiger partial charge in [0, 0.05) is 59.6 Å². The number of fused-ring (bicyclic) bond motifs is 1. The number of halogens is 1. The summed E-state index contributed by atoms with van der Waals surface area (Å²) < 4.78 is 37.1.